The van der Waals surface area contributed by atoms with Crippen molar-refractivity contribution in [3.05, 3.63) is 10.4 Å². The maximum absolute atomic E-state index is 4.28. The van der Waals surface area contributed by atoms with Gasteiger partial charge in [0.15, 0.2) is 0 Å². The van der Waals surface area contributed by atoms with Crippen LogP contribution in [0.5, 0.6) is 0 Å². The normalized spacial score (nSPS) is 11.3. The fourth-order valence-corrected chi connectivity index (χ4v) is 2.80. The molecule has 0 aliphatic carbocycles. The van der Waals surface area contributed by atoms with Gasteiger partial charge in [-0.05, 0) is 6.92 Å². The van der Waals surface area contributed by atoms with Crippen molar-refractivity contribution >= 4 is 58.2 Å². The van der Waals surface area contributed by atoms with Crippen LogP contribution in [0.1, 0.15) is 6.92 Å². The Morgan fingerprint density at radius 3 is 1.87 bits per heavy atom. The third-order valence-electron chi connectivity index (χ3n) is 2.35. The van der Waals surface area contributed by atoms with E-state index in [1.165, 1.54) is 23.5 Å². The highest BCUT2D eigenvalue weighted by Gasteiger charge is 2.10. The number of fused-ring (bicyclic) bond motifs is 2. The van der Waals surface area contributed by atoms with Gasteiger partial charge in [-0.1, -0.05) is 12.7 Å². The lowest BCUT2D eigenvalue weighted by molar-refractivity contribution is 1.54. The summed E-state index contributed by atoms with van der Waals surface area (Å²) in [5.41, 5.74) is 3.45. The van der Waals surface area contributed by atoms with Gasteiger partial charge in [0.05, 0.1) is 23.5 Å². The zero-order chi connectivity index (χ0) is 10.4. The molecule has 0 spiro atoms. The van der Waals surface area contributed by atoms with Crippen LogP contribution < -0.4 is 10.4 Å². The Kier molecular flexibility index (Phi) is 1.80. The SMILES string of the molecule is C=c1c2nsnc2c(=CC)c2nsnc12. The van der Waals surface area contributed by atoms with E-state index in [1.54, 1.807) is 0 Å². The van der Waals surface area contributed by atoms with Gasteiger partial charge in [0.2, 0.25) is 0 Å². The molecule has 0 N–H and O–H groups in total. The molecule has 0 aliphatic rings. The van der Waals surface area contributed by atoms with Crippen LogP contribution in [-0.2, 0) is 0 Å². The molecule has 74 valence electrons. The predicted molar refractivity (Wildman–Crippen MR) is 63.3 cm³/mol. The van der Waals surface area contributed by atoms with Gasteiger partial charge in [-0.2, -0.15) is 17.5 Å². The smallest absolute Gasteiger partial charge is 0.114 e. The van der Waals surface area contributed by atoms with Crippen LogP contribution in [0.25, 0.3) is 34.7 Å². The number of hydrogen-bond donors (Lipinski definition) is 0. The monoisotopic (exact) mass is 234 g/mol. The number of aromatic nitrogens is 4. The zero-order valence-corrected chi connectivity index (χ0v) is 9.52. The fourth-order valence-electron chi connectivity index (χ4n) is 1.62. The molecule has 2 aromatic heterocycles. The second-order valence-electron chi connectivity index (χ2n) is 3.10. The molecule has 0 amide bonds. The molecule has 0 atom stereocenters. The van der Waals surface area contributed by atoms with Crippen molar-refractivity contribution in [2.24, 2.45) is 0 Å². The molecule has 15 heavy (non-hydrogen) atoms. The highest BCUT2D eigenvalue weighted by Crippen LogP contribution is 2.09. The van der Waals surface area contributed by atoms with Crippen molar-refractivity contribution in [3.63, 3.8) is 0 Å². The van der Waals surface area contributed by atoms with E-state index >= 15 is 0 Å². The summed E-state index contributed by atoms with van der Waals surface area (Å²) >= 11 is 2.40. The largest absolute Gasteiger partial charge is 0.172 e. The van der Waals surface area contributed by atoms with Crippen molar-refractivity contribution in [3.8, 4) is 0 Å². The Morgan fingerprint density at radius 2 is 1.40 bits per heavy atom. The van der Waals surface area contributed by atoms with Crippen LogP contribution >= 0.6 is 23.5 Å². The summed E-state index contributed by atoms with van der Waals surface area (Å²) in [6, 6.07) is 0. The second kappa shape index (κ2) is 3.04. The van der Waals surface area contributed by atoms with Crippen LogP contribution in [0.4, 0.5) is 0 Å². The molecule has 0 bridgehead atoms. The molecule has 1 aromatic carbocycles. The molecular formula is C9H6N4S2. The van der Waals surface area contributed by atoms with E-state index in [-0.39, 0.29) is 0 Å². The van der Waals surface area contributed by atoms with Crippen LogP contribution in [0, 0.1) is 0 Å². The quantitative estimate of drug-likeness (QED) is 0.580. The Hall–Kier alpha value is -1.40. The summed E-state index contributed by atoms with van der Waals surface area (Å²) in [6.07, 6.45) is 1.99. The fraction of sp³-hybridized carbons (Fsp3) is 0.111. The lowest BCUT2D eigenvalue weighted by Gasteiger charge is -1.91. The Balaban J connectivity index is 2.85. The van der Waals surface area contributed by atoms with Gasteiger partial charge in [0.25, 0.3) is 0 Å². The van der Waals surface area contributed by atoms with Crippen LogP contribution in [0.3, 0.4) is 0 Å². The number of rotatable bonds is 0. The molecule has 0 radical (unpaired) electrons. The summed E-state index contributed by atoms with van der Waals surface area (Å²) in [5, 5.41) is 1.84. The van der Waals surface area contributed by atoms with Crippen LogP contribution in [-0.4, -0.2) is 17.5 Å². The Labute approximate surface area is 93.2 Å². The molecule has 2 heterocycles. The molecule has 0 unspecified atom stereocenters. The van der Waals surface area contributed by atoms with Crippen molar-refractivity contribution in [1.29, 1.82) is 0 Å². The first-order valence-corrected chi connectivity index (χ1v) is 5.80. The van der Waals surface area contributed by atoms with Crippen LogP contribution in [0.2, 0.25) is 0 Å². The van der Waals surface area contributed by atoms with Crippen LogP contribution in [0.15, 0.2) is 0 Å². The topological polar surface area (TPSA) is 51.6 Å². The van der Waals surface area contributed by atoms with Gasteiger partial charge >= 0.3 is 0 Å². The van der Waals surface area contributed by atoms with E-state index in [0.717, 1.165) is 32.5 Å². The van der Waals surface area contributed by atoms with Gasteiger partial charge < -0.3 is 0 Å². The zero-order valence-electron chi connectivity index (χ0n) is 7.89. The number of hydrogen-bond acceptors (Lipinski definition) is 6. The first kappa shape index (κ1) is 8.87. The van der Waals surface area contributed by atoms with Gasteiger partial charge in [0, 0.05) is 10.4 Å². The summed E-state index contributed by atoms with van der Waals surface area (Å²) in [4.78, 5) is 0. The second-order valence-corrected chi connectivity index (χ2v) is 4.16. The maximum Gasteiger partial charge on any atom is 0.114 e. The van der Waals surface area contributed by atoms with Crippen molar-refractivity contribution in [1.82, 2.24) is 17.5 Å². The Bertz CT molecular complexity index is 698. The lowest BCUT2D eigenvalue weighted by atomic mass is 10.2. The molecular weight excluding hydrogens is 228 g/mol. The summed E-state index contributed by atoms with van der Waals surface area (Å²) in [5.74, 6) is 0. The molecule has 0 saturated heterocycles. The average Bonchev–Trinajstić information content (AvgIpc) is 2.85. The van der Waals surface area contributed by atoms with E-state index in [0.29, 0.717) is 0 Å². The summed E-state index contributed by atoms with van der Waals surface area (Å²) in [6.45, 7) is 5.96. The predicted octanol–water partition coefficient (Wildman–Crippen LogP) is 0.907. The minimum absolute atomic E-state index is 0.827. The molecule has 3 rings (SSSR count). The summed E-state index contributed by atoms with van der Waals surface area (Å²) in [7, 11) is 0. The highest BCUT2D eigenvalue weighted by molar-refractivity contribution is 7.00. The van der Waals surface area contributed by atoms with E-state index in [9.17, 15) is 0 Å². The third kappa shape index (κ3) is 1.06. The molecule has 0 fully saturated rings. The lowest BCUT2D eigenvalue weighted by Crippen LogP contribution is -2.13. The molecule has 0 aliphatic heterocycles. The standard InChI is InChI=1S/C9H6N4S2/c1-3-5-8-6(10-14-12-8)4(2)7-9(5)13-15-11-7/h3H,2H2,1H3. The van der Waals surface area contributed by atoms with Crippen molar-refractivity contribution < 1.29 is 0 Å². The minimum Gasteiger partial charge on any atom is -0.172 e. The van der Waals surface area contributed by atoms with Gasteiger partial charge in [-0.3, -0.25) is 0 Å². The van der Waals surface area contributed by atoms with E-state index in [4.69, 9.17) is 0 Å². The Morgan fingerprint density at radius 1 is 0.933 bits per heavy atom. The van der Waals surface area contributed by atoms with Gasteiger partial charge in [-0.25, -0.2) is 0 Å². The van der Waals surface area contributed by atoms with Gasteiger partial charge in [0.1, 0.15) is 22.1 Å². The first-order valence-electron chi connectivity index (χ1n) is 4.34. The van der Waals surface area contributed by atoms with Gasteiger partial charge in [-0.15, -0.1) is 0 Å². The average molecular weight is 234 g/mol. The number of benzene rings is 1. The van der Waals surface area contributed by atoms with E-state index in [2.05, 4.69) is 24.1 Å². The molecule has 4 nitrogen and oxygen atoms in total. The first-order chi connectivity index (χ1) is 7.33. The maximum atomic E-state index is 4.28. The number of nitrogens with zero attached hydrogens (tertiary/aromatic N) is 4. The van der Waals surface area contributed by atoms with E-state index < -0.39 is 0 Å². The molecule has 6 heteroatoms. The molecule has 0 saturated carbocycles. The summed E-state index contributed by atoms with van der Waals surface area (Å²) < 4.78 is 17.0. The van der Waals surface area contributed by atoms with Crippen molar-refractivity contribution in [2.75, 3.05) is 0 Å². The minimum atomic E-state index is 0.827. The third-order valence-corrected chi connectivity index (χ3v) is 3.40. The molecule has 3 aromatic rings. The van der Waals surface area contributed by atoms with E-state index in [1.807, 2.05) is 13.0 Å². The highest BCUT2D eigenvalue weighted by atomic mass is 32.1. The van der Waals surface area contributed by atoms with Crippen molar-refractivity contribution in [2.45, 2.75) is 6.92 Å².